The van der Waals surface area contributed by atoms with E-state index in [1.807, 2.05) is 24.3 Å². The molecule has 0 saturated carbocycles. The smallest absolute Gasteiger partial charge is 0.238 e. The largest absolute Gasteiger partial charge is 0.493 e. The van der Waals surface area contributed by atoms with E-state index in [-0.39, 0.29) is 5.91 Å². The van der Waals surface area contributed by atoms with Crippen LogP contribution in [0.15, 0.2) is 42.7 Å². The van der Waals surface area contributed by atoms with E-state index in [0.29, 0.717) is 29.9 Å². The molecular weight excluding hydrogens is 416 g/mol. The van der Waals surface area contributed by atoms with Crippen molar-refractivity contribution in [3.05, 3.63) is 54.0 Å². The molecule has 0 bridgehead atoms. The molecule has 3 aromatic rings. The van der Waals surface area contributed by atoms with Gasteiger partial charge in [-0.25, -0.2) is 9.97 Å². The zero-order valence-electron chi connectivity index (χ0n) is 19.8. The van der Waals surface area contributed by atoms with E-state index in [2.05, 4.69) is 46.2 Å². The number of nitrogens with zero attached hydrogens (tertiary/aromatic N) is 3. The van der Waals surface area contributed by atoms with Crippen LogP contribution in [-0.4, -0.2) is 54.6 Å². The van der Waals surface area contributed by atoms with Crippen LogP contribution < -0.4 is 14.8 Å². The van der Waals surface area contributed by atoms with Crippen molar-refractivity contribution < 1.29 is 14.3 Å². The van der Waals surface area contributed by atoms with E-state index in [1.165, 1.54) is 5.56 Å². The number of piperidine rings is 1. The van der Waals surface area contributed by atoms with Crippen molar-refractivity contribution >= 4 is 22.5 Å². The lowest BCUT2D eigenvalue weighted by Crippen LogP contribution is -2.38. The molecule has 1 aliphatic heterocycles. The zero-order valence-corrected chi connectivity index (χ0v) is 19.8. The predicted octanol–water partition coefficient (Wildman–Crippen LogP) is 4.59. The van der Waals surface area contributed by atoms with Crippen LogP contribution in [-0.2, 0) is 4.79 Å². The molecule has 7 heteroatoms. The summed E-state index contributed by atoms with van der Waals surface area (Å²) in [5.74, 6) is 2.16. The standard InChI is InChI=1S/C26H32N4O3/c1-17(2)18-5-7-20(8-6-18)29-25(31)15-30-11-9-19(10-12-30)26-21-13-23(32-3)24(33-4)14-22(21)27-16-28-26/h5-8,13-14,16-17,19H,9-12,15H2,1-4H3,(H,29,31). The highest BCUT2D eigenvalue weighted by molar-refractivity contribution is 5.92. The molecule has 1 amide bonds. The van der Waals surface area contributed by atoms with Gasteiger partial charge in [0.2, 0.25) is 5.91 Å². The molecule has 4 rings (SSSR count). The van der Waals surface area contributed by atoms with E-state index >= 15 is 0 Å². The van der Waals surface area contributed by atoms with E-state index in [1.54, 1.807) is 20.5 Å². The van der Waals surface area contributed by atoms with Crippen LogP contribution in [0, 0.1) is 0 Å². The molecule has 174 valence electrons. The third-order valence-corrected chi connectivity index (χ3v) is 6.37. The number of benzene rings is 2. The van der Waals surface area contributed by atoms with Crippen molar-refractivity contribution in [2.45, 2.75) is 38.5 Å². The van der Waals surface area contributed by atoms with E-state index in [4.69, 9.17) is 9.47 Å². The first kappa shape index (κ1) is 23.0. The highest BCUT2D eigenvalue weighted by Crippen LogP contribution is 2.36. The Labute approximate surface area is 195 Å². The van der Waals surface area contributed by atoms with Gasteiger partial charge >= 0.3 is 0 Å². The highest BCUT2D eigenvalue weighted by Gasteiger charge is 2.25. The molecule has 1 aliphatic rings. The number of fused-ring (bicyclic) bond motifs is 1. The Morgan fingerprint density at radius 2 is 1.73 bits per heavy atom. The number of amides is 1. The molecule has 7 nitrogen and oxygen atoms in total. The van der Waals surface area contributed by atoms with Gasteiger partial charge in [-0.1, -0.05) is 26.0 Å². The first-order valence-electron chi connectivity index (χ1n) is 11.5. The van der Waals surface area contributed by atoms with Crippen molar-refractivity contribution in [2.75, 3.05) is 39.2 Å². The van der Waals surface area contributed by atoms with Crippen molar-refractivity contribution in [3.63, 3.8) is 0 Å². The number of likely N-dealkylation sites (tertiary alicyclic amines) is 1. The molecule has 1 N–H and O–H groups in total. The number of hydrogen-bond donors (Lipinski definition) is 1. The Morgan fingerprint density at radius 1 is 1.06 bits per heavy atom. The third-order valence-electron chi connectivity index (χ3n) is 6.37. The van der Waals surface area contributed by atoms with Gasteiger partial charge in [0, 0.05) is 23.1 Å². The minimum Gasteiger partial charge on any atom is -0.493 e. The van der Waals surface area contributed by atoms with Crippen LogP contribution >= 0.6 is 0 Å². The molecule has 0 radical (unpaired) electrons. The number of aromatic nitrogens is 2. The van der Waals surface area contributed by atoms with Gasteiger partial charge in [-0.05, 0) is 55.6 Å². The average Bonchev–Trinajstić information content (AvgIpc) is 2.83. The predicted molar refractivity (Wildman–Crippen MR) is 130 cm³/mol. The number of ether oxygens (including phenoxy) is 2. The van der Waals surface area contributed by atoms with Gasteiger partial charge in [-0.2, -0.15) is 0 Å². The summed E-state index contributed by atoms with van der Waals surface area (Å²) in [6.07, 6.45) is 3.50. The first-order valence-corrected chi connectivity index (χ1v) is 11.5. The van der Waals surface area contributed by atoms with Crippen molar-refractivity contribution in [2.24, 2.45) is 0 Å². The molecule has 0 aliphatic carbocycles. The second-order valence-electron chi connectivity index (χ2n) is 8.86. The molecular formula is C26H32N4O3. The highest BCUT2D eigenvalue weighted by atomic mass is 16.5. The van der Waals surface area contributed by atoms with Gasteiger partial charge in [-0.15, -0.1) is 0 Å². The van der Waals surface area contributed by atoms with Gasteiger partial charge < -0.3 is 14.8 Å². The molecule has 0 atom stereocenters. The molecule has 0 spiro atoms. The quantitative estimate of drug-likeness (QED) is 0.570. The Bertz CT molecular complexity index is 1110. The summed E-state index contributed by atoms with van der Waals surface area (Å²) in [4.78, 5) is 23.8. The lowest BCUT2D eigenvalue weighted by Gasteiger charge is -2.31. The molecule has 33 heavy (non-hydrogen) atoms. The minimum absolute atomic E-state index is 0.0232. The van der Waals surface area contributed by atoms with Crippen molar-refractivity contribution in [3.8, 4) is 11.5 Å². The molecule has 1 saturated heterocycles. The Hall–Kier alpha value is -3.19. The van der Waals surface area contributed by atoms with Crippen LogP contribution in [0.3, 0.4) is 0 Å². The summed E-state index contributed by atoms with van der Waals surface area (Å²) in [6, 6.07) is 12.0. The number of hydrogen-bond acceptors (Lipinski definition) is 6. The Kier molecular flexibility index (Phi) is 7.08. The van der Waals surface area contributed by atoms with Gasteiger partial charge in [0.1, 0.15) is 6.33 Å². The third kappa shape index (κ3) is 5.25. The lowest BCUT2D eigenvalue weighted by molar-refractivity contribution is -0.117. The zero-order chi connectivity index (χ0) is 23.4. The number of methoxy groups -OCH3 is 2. The first-order chi connectivity index (χ1) is 16.0. The second kappa shape index (κ2) is 10.2. The molecule has 0 unspecified atom stereocenters. The van der Waals surface area contributed by atoms with Crippen LogP contribution in [0.1, 0.15) is 49.8 Å². The van der Waals surface area contributed by atoms with Crippen LogP contribution in [0.5, 0.6) is 11.5 Å². The van der Waals surface area contributed by atoms with E-state index in [0.717, 1.165) is 48.2 Å². The summed E-state index contributed by atoms with van der Waals surface area (Å²) < 4.78 is 10.9. The summed E-state index contributed by atoms with van der Waals surface area (Å²) in [7, 11) is 3.26. The molecule has 1 aromatic heterocycles. The number of anilines is 1. The minimum atomic E-state index is 0.0232. The average molecular weight is 449 g/mol. The summed E-state index contributed by atoms with van der Waals surface area (Å²) in [6.45, 7) is 6.42. The van der Waals surface area contributed by atoms with Crippen molar-refractivity contribution in [1.29, 1.82) is 0 Å². The van der Waals surface area contributed by atoms with E-state index < -0.39 is 0 Å². The van der Waals surface area contributed by atoms with Crippen LogP contribution in [0.4, 0.5) is 5.69 Å². The normalized spacial score (nSPS) is 15.1. The Morgan fingerprint density at radius 3 is 2.36 bits per heavy atom. The number of rotatable bonds is 7. The maximum atomic E-state index is 12.6. The number of nitrogens with one attached hydrogen (secondary N) is 1. The molecule has 2 aromatic carbocycles. The van der Waals surface area contributed by atoms with E-state index in [9.17, 15) is 4.79 Å². The topological polar surface area (TPSA) is 76.6 Å². The summed E-state index contributed by atoms with van der Waals surface area (Å²) in [5.41, 5.74) is 4.00. The van der Waals surface area contributed by atoms with Crippen LogP contribution in [0.2, 0.25) is 0 Å². The SMILES string of the molecule is COc1cc2ncnc(C3CCN(CC(=O)Nc4ccc(C(C)C)cc4)CC3)c2cc1OC. The second-order valence-corrected chi connectivity index (χ2v) is 8.86. The summed E-state index contributed by atoms with van der Waals surface area (Å²) in [5, 5.41) is 4.02. The fraction of sp³-hybridized carbons (Fsp3) is 0.423. The maximum absolute atomic E-state index is 12.6. The molecule has 1 fully saturated rings. The van der Waals surface area contributed by atoms with Gasteiger partial charge in [0.15, 0.2) is 11.5 Å². The number of carbonyl (C=O) groups is 1. The lowest BCUT2D eigenvalue weighted by atomic mass is 9.91. The molecule has 2 heterocycles. The summed E-state index contributed by atoms with van der Waals surface area (Å²) >= 11 is 0. The van der Waals surface area contributed by atoms with Gasteiger partial charge in [-0.3, -0.25) is 9.69 Å². The maximum Gasteiger partial charge on any atom is 0.238 e. The number of carbonyl (C=O) groups excluding carboxylic acids is 1. The van der Waals surface area contributed by atoms with Gasteiger partial charge in [0.05, 0.1) is 32.0 Å². The van der Waals surface area contributed by atoms with Crippen LogP contribution in [0.25, 0.3) is 10.9 Å². The fourth-order valence-electron chi connectivity index (χ4n) is 4.45. The Balaban J connectivity index is 1.37. The van der Waals surface area contributed by atoms with Crippen molar-refractivity contribution in [1.82, 2.24) is 14.9 Å². The van der Waals surface area contributed by atoms with Gasteiger partial charge in [0.25, 0.3) is 0 Å². The monoisotopic (exact) mass is 448 g/mol. The fourth-order valence-corrected chi connectivity index (χ4v) is 4.45.